The van der Waals surface area contributed by atoms with E-state index < -0.39 is 6.09 Å². The number of aromatic nitrogens is 2. The number of H-pyrrole nitrogens is 1. The Morgan fingerprint density at radius 2 is 1.91 bits per heavy atom. The molecule has 4 rings (SSSR count). The number of ether oxygens (including phenoxy) is 1. The Bertz CT molecular complexity index is 1060. The van der Waals surface area contributed by atoms with Gasteiger partial charge in [0.2, 0.25) is 0 Å². The minimum Gasteiger partial charge on any atom is -0.497 e. The lowest BCUT2D eigenvalue weighted by molar-refractivity contribution is 0.124. The van der Waals surface area contributed by atoms with Gasteiger partial charge in [0, 0.05) is 19.6 Å². The highest BCUT2D eigenvalue weighted by Crippen LogP contribution is 2.22. The third-order valence-corrected chi connectivity index (χ3v) is 6.08. The molecular formula is C24H29N5O4. The number of hydrogen-bond donors (Lipinski definition) is 4. The summed E-state index contributed by atoms with van der Waals surface area (Å²) in [7, 11) is 1.63. The number of methoxy groups -OCH3 is 1. The summed E-state index contributed by atoms with van der Waals surface area (Å²) in [5.41, 5.74) is 2.81. The molecule has 1 fully saturated rings. The van der Waals surface area contributed by atoms with E-state index in [-0.39, 0.29) is 18.0 Å². The number of hydrogen-bond acceptors (Lipinski definition) is 4. The summed E-state index contributed by atoms with van der Waals surface area (Å²) in [5.74, 6) is 1.73. The largest absolute Gasteiger partial charge is 0.497 e. The molecule has 174 valence electrons. The zero-order valence-electron chi connectivity index (χ0n) is 18.6. The van der Waals surface area contributed by atoms with Crippen LogP contribution in [0.1, 0.15) is 30.3 Å². The van der Waals surface area contributed by atoms with Crippen LogP contribution in [0.3, 0.4) is 0 Å². The van der Waals surface area contributed by atoms with Crippen molar-refractivity contribution in [2.75, 3.05) is 26.7 Å². The highest BCUT2D eigenvalue weighted by Gasteiger charge is 2.24. The Labute approximate surface area is 192 Å². The van der Waals surface area contributed by atoms with Crippen molar-refractivity contribution in [3.05, 3.63) is 59.9 Å². The lowest BCUT2D eigenvalue weighted by Gasteiger charge is -2.30. The van der Waals surface area contributed by atoms with Gasteiger partial charge >= 0.3 is 12.1 Å². The molecule has 1 unspecified atom stereocenters. The van der Waals surface area contributed by atoms with Gasteiger partial charge in [0.15, 0.2) is 0 Å². The minimum absolute atomic E-state index is 0.262. The van der Waals surface area contributed by atoms with Crippen molar-refractivity contribution >= 4 is 23.2 Å². The third kappa shape index (κ3) is 5.74. The van der Waals surface area contributed by atoms with Crippen LogP contribution in [0.2, 0.25) is 0 Å². The Morgan fingerprint density at radius 1 is 1.18 bits per heavy atom. The summed E-state index contributed by atoms with van der Waals surface area (Å²) in [6, 6.07) is 14.9. The second-order valence-corrected chi connectivity index (χ2v) is 8.31. The maximum Gasteiger partial charge on any atom is 0.407 e. The number of piperidine rings is 1. The quantitative estimate of drug-likeness (QED) is 0.438. The summed E-state index contributed by atoms with van der Waals surface area (Å²) in [6.45, 7) is 1.51. The van der Waals surface area contributed by atoms with Crippen molar-refractivity contribution in [1.29, 1.82) is 0 Å². The first-order chi connectivity index (χ1) is 16.0. The highest BCUT2D eigenvalue weighted by atomic mass is 16.5. The van der Waals surface area contributed by atoms with Crippen LogP contribution in [0.4, 0.5) is 9.59 Å². The topological polar surface area (TPSA) is 120 Å². The number of fused-ring (bicyclic) bond motifs is 1. The van der Waals surface area contributed by atoms with Crippen molar-refractivity contribution in [1.82, 2.24) is 25.5 Å². The predicted octanol–water partition coefficient (Wildman–Crippen LogP) is 3.54. The number of rotatable bonds is 7. The van der Waals surface area contributed by atoms with Crippen LogP contribution in [0.15, 0.2) is 48.5 Å². The van der Waals surface area contributed by atoms with Gasteiger partial charge in [-0.2, -0.15) is 0 Å². The lowest BCUT2D eigenvalue weighted by atomic mass is 9.97. The molecule has 33 heavy (non-hydrogen) atoms. The highest BCUT2D eigenvalue weighted by molar-refractivity contribution is 5.76. The molecule has 2 heterocycles. The van der Waals surface area contributed by atoms with E-state index in [1.54, 1.807) is 7.11 Å². The molecule has 0 spiro atoms. The zero-order chi connectivity index (χ0) is 23.2. The van der Waals surface area contributed by atoms with E-state index in [0.717, 1.165) is 35.2 Å². The number of urea groups is 1. The number of nitrogens with zero attached hydrogens (tertiary/aromatic N) is 2. The first-order valence-electron chi connectivity index (χ1n) is 11.1. The molecule has 1 aromatic heterocycles. The summed E-state index contributed by atoms with van der Waals surface area (Å²) < 4.78 is 5.24. The predicted molar refractivity (Wildman–Crippen MR) is 124 cm³/mol. The Hall–Kier alpha value is -3.75. The number of imidazole rings is 1. The minimum atomic E-state index is -0.883. The fraction of sp³-hybridized carbons (Fsp3) is 0.375. The molecule has 9 heteroatoms. The molecule has 3 aromatic rings. The smallest absolute Gasteiger partial charge is 0.407 e. The average Bonchev–Trinajstić information content (AvgIpc) is 3.27. The molecule has 9 nitrogen and oxygen atoms in total. The van der Waals surface area contributed by atoms with E-state index in [9.17, 15) is 9.59 Å². The monoisotopic (exact) mass is 451 g/mol. The van der Waals surface area contributed by atoms with Crippen LogP contribution in [-0.4, -0.2) is 58.8 Å². The number of nitrogens with one attached hydrogen (secondary N) is 3. The van der Waals surface area contributed by atoms with Crippen LogP contribution in [0.25, 0.3) is 11.0 Å². The number of aromatic amines is 1. The SMILES string of the molecule is COc1ccc(CC(NC(=O)NCC2CCN(C(=O)O)CC2)c2nc3ccccc3[nH]2)cc1. The fourth-order valence-corrected chi connectivity index (χ4v) is 4.13. The molecular weight excluding hydrogens is 422 g/mol. The van der Waals surface area contributed by atoms with Gasteiger partial charge in [-0.1, -0.05) is 24.3 Å². The summed E-state index contributed by atoms with van der Waals surface area (Å²) in [5, 5.41) is 15.1. The summed E-state index contributed by atoms with van der Waals surface area (Å²) >= 11 is 0. The first-order valence-corrected chi connectivity index (χ1v) is 11.1. The zero-order valence-corrected chi connectivity index (χ0v) is 18.6. The van der Waals surface area contributed by atoms with Gasteiger partial charge in [0.1, 0.15) is 11.6 Å². The number of likely N-dealkylation sites (tertiary alicyclic amines) is 1. The van der Waals surface area contributed by atoms with Gasteiger partial charge in [0.25, 0.3) is 0 Å². The normalized spacial score (nSPS) is 15.2. The Balaban J connectivity index is 1.41. The van der Waals surface area contributed by atoms with Crippen molar-refractivity contribution < 1.29 is 19.4 Å². The van der Waals surface area contributed by atoms with Crippen LogP contribution >= 0.6 is 0 Å². The standard InChI is InChI=1S/C24H29N5O4/c1-33-18-8-6-16(7-9-18)14-21(22-26-19-4-2-3-5-20(19)27-22)28-23(30)25-15-17-10-12-29(13-11-17)24(31)32/h2-9,17,21H,10-15H2,1H3,(H,26,27)(H,31,32)(H2,25,28,30). The molecule has 4 N–H and O–H groups in total. The van der Waals surface area contributed by atoms with Gasteiger partial charge in [-0.3, -0.25) is 0 Å². The molecule has 1 saturated heterocycles. The van der Waals surface area contributed by atoms with Gasteiger partial charge in [0.05, 0.1) is 24.2 Å². The van der Waals surface area contributed by atoms with Crippen molar-refractivity contribution in [3.63, 3.8) is 0 Å². The van der Waals surface area contributed by atoms with Crippen molar-refractivity contribution in [2.45, 2.75) is 25.3 Å². The molecule has 1 aliphatic heterocycles. The Morgan fingerprint density at radius 3 is 2.58 bits per heavy atom. The number of carbonyl (C=O) groups is 2. The van der Waals surface area contributed by atoms with E-state index in [4.69, 9.17) is 9.84 Å². The lowest BCUT2D eigenvalue weighted by Crippen LogP contribution is -2.44. The molecule has 1 atom stereocenters. The number of amides is 3. The second-order valence-electron chi connectivity index (χ2n) is 8.31. The molecule has 0 saturated carbocycles. The van der Waals surface area contributed by atoms with E-state index >= 15 is 0 Å². The van der Waals surface area contributed by atoms with Gasteiger partial charge < -0.3 is 30.4 Å². The van der Waals surface area contributed by atoms with Crippen LogP contribution < -0.4 is 15.4 Å². The molecule has 1 aliphatic rings. The second kappa shape index (κ2) is 10.2. The molecule has 3 amide bonds. The number of benzene rings is 2. The maximum atomic E-state index is 12.8. The first kappa shape index (κ1) is 22.4. The summed E-state index contributed by atoms with van der Waals surface area (Å²) in [4.78, 5) is 33.3. The van der Waals surface area contributed by atoms with Crippen LogP contribution in [0.5, 0.6) is 5.75 Å². The summed E-state index contributed by atoms with van der Waals surface area (Å²) in [6.07, 6.45) is 1.16. The number of carboxylic acid groups (broad SMARTS) is 1. The van der Waals surface area contributed by atoms with Gasteiger partial charge in [-0.05, 0) is 55.0 Å². The van der Waals surface area contributed by atoms with Crippen LogP contribution in [-0.2, 0) is 6.42 Å². The van der Waals surface area contributed by atoms with Gasteiger partial charge in [-0.25, -0.2) is 14.6 Å². The van der Waals surface area contributed by atoms with E-state index in [2.05, 4.69) is 20.6 Å². The number of para-hydroxylation sites is 2. The maximum absolute atomic E-state index is 12.8. The van der Waals surface area contributed by atoms with E-state index in [1.165, 1.54) is 4.90 Å². The molecule has 0 radical (unpaired) electrons. The molecule has 0 aliphatic carbocycles. The average molecular weight is 452 g/mol. The number of carbonyl (C=O) groups excluding carboxylic acids is 1. The van der Waals surface area contributed by atoms with Gasteiger partial charge in [-0.15, -0.1) is 0 Å². The van der Waals surface area contributed by atoms with Crippen molar-refractivity contribution in [3.8, 4) is 5.75 Å². The Kier molecular flexibility index (Phi) is 6.97. The molecule has 0 bridgehead atoms. The fourth-order valence-electron chi connectivity index (χ4n) is 4.13. The van der Waals surface area contributed by atoms with Crippen molar-refractivity contribution in [2.24, 2.45) is 5.92 Å². The van der Waals surface area contributed by atoms with Crippen LogP contribution in [0, 0.1) is 5.92 Å². The van der Waals surface area contributed by atoms with E-state index in [0.29, 0.717) is 31.9 Å². The third-order valence-electron chi connectivity index (χ3n) is 6.08. The molecule has 2 aromatic carbocycles. The van der Waals surface area contributed by atoms with E-state index in [1.807, 2.05) is 48.5 Å².